The number of hydrogen-bond donors (Lipinski definition) is 1. The van der Waals surface area contributed by atoms with Gasteiger partial charge in [0.05, 0.1) is 5.60 Å². The van der Waals surface area contributed by atoms with Crippen LogP contribution in [0, 0.1) is 5.92 Å². The number of aliphatic hydroxyl groups is 1. The Bertz CT molecular complexity index is 372. The second kappa shape index (κ2) is 5.22. The fraction of sp³-hybridized carbons (Fsp3) is 0.625. The lowest BCUT2D eigenvalue weighted by Gasteiger charge is -2.38. The van der Waals surface area contributed by atoms with Crippen LogP contribution in [0.2, 0.25) is 0 Å². The van der Waals surface area contributed by atoms with Crippen LogP contribution in [0.5, 0.6) is 0 Å². The Morgan fingerprint density at radius 3 is 2.88 bits per heavy atom. The molecular formula is C16H24O. The predicted octanol–water partition coefficient (Wildman–Crippen LogP) is 4.04. The van der Waals surface area contributed by atoms with Crippen molar-refractivity contribution < 1.29 is 5.11 Å². The molecule has 0 aromatic heterocycles. The molecule has 0 saturated heterocycles. The lowest BCUT2D eigenvalue weighted by atomic mass is 9.72. The summed E-state index contributed by atoms with van der Waals surface area (Å²) in [6.45, 7) is 4.39. The Hall–Kier alpha value is -0.820. The average molecular weight is 232 g/mol. The molecule has 1 saturated carbocycles. The molecule has 0 heterocycles. The Balaban J connectivity index is 2.28. The first-order valence-electron chi connectivity index (χ1n) is 6.98. The van der Waals surface area contributed by atoms with Crippen LogP contribution in [0.4, 0.5) is 0 Å². The molecule has 1 aromatic rings. The Labute approximate surface area is 105 Å². The van der Waals surface area contributed by atoms with Crippen LogP contribution in [-0.4, -0.2) is 5.11 Å². The van der Waals surface area contributed by atoms with Crippen molar-refractivity contribution in [3.8, 4) is 0 Å². The molecule has 2 atom stereocenters. The van der Waals surface area contributed by atoms with E-state index in [2.05, 4.69) is 38.1 Å². The van der Waals surface area contributed by atoms with Gasteiger partial charge in [0.2, 0.25) is 0 Å². The molecule has 1 nitrogen and oxygen atoms in total. The van der Waals surface area contributed by atoms with Gasteiger partial charge in [0.15, 0.2) is 0 Å². The zero-order valence-electron chi connectivity index (χ0n) is 11.1. The first-order valence-corrected chi connectivity index (χ1v) is 6.98. The van der Waals surface area contributed by atoms with Crippen LogP contribution in [-0.2, 0) is 12.0 Å². The third kappa shape index (κ3) is 2.55. The number of hydrogen-bond acceptors (Lipinski definition) is 1. The van der Waals surface area contributed by atoms with Gasteiger partial charge in [-0.05, 0) is 36.3 Å². The Morgan fingerprint density at radius 1 is 1.35 bits per heavy atom. The third-order valence-electron chi connectivity index (χ3n) is 4.23. The van der Waals surface area contributed by atoms with E-state index >= 15 is 0 Å². The summed E-state index contributed by atoms with van der Waals surface area (Å²) in [6.07, 6.45) is 6.75. The van der Waals surface area contributed by atoms with Gasteiger partial charge >= 0.3 is 0 Å². The summed E-state index contributed by atoms with van der Waals surface area (Å²) in [4.78, 5) is 0. The van der Waals surface area contributed by atoms with Gasteiger partial charge in [-0.3, -0.25) is 0 Å². The van der Waals surface area contributed by atoms with Crippen LogP contribution < -0.4 is 0 Å². The standard InChI is InChI=1S/C16H24O/c1-3-7-14-9-6-10-15(12-14)16(17)11-5-4-8-13(16)2/h6,9-10,12-13,17H,3-5,7-8,11H2,1-2H3. The minimum Gasteiger partial charge on any atom is -0.385 e. The number of aryl methyl sites for hydroxylation is 1. The molecule has 2 unspecified atom stereocenters. The summed E-state index contributed by atoms with van der Waals surface area (Å²) >= 11 is 0. The van der Waals surface area contributed by atoms with Crippen molar-refractivity contribution in [2.24, 2.45) is 5.92 Å². The summed E-state index contributed by atoms with van der Waals surface area (Å²) in [7, 11) is 0. The average Bonchev–Trinajstić information content (AvgIpc) is 2.34. The molecule has 1 heteroatoms. The second-order valence-corrected chi connectivity index (χ2v) is 5.52. The second-order valence-electron chi connectivity index (χ2n) is 5.52. The number of rotatable bonds is 3. The number of benzene rings is 1. The molecule has 1 aliphatic rings. The van der Waals surface area contributed by atoms with E-state index in [1.54, 1.807) is 0 Å². The molecule has 0 bridgehead atoms. The molecule has 1 aliphatic carbocycles. The topological polar surface area (TPSA) is 20.2 Å². The molecule has 0 spiro atoms. The van der Waals surface area contributed by atoms with Crippen LogP contribution in [0.25, 0.3) is 0 Å². The lowest BCUT2D eigenvalue weighted by Crippen LogP contribution is -2.36. The van der Waals surface area contributed by atoms with Gasteiger partial charge in [-0.25, -0.2) is 0 Å². The predicted molar refractivity (Wildman–Crippen MR) is 72.0 cm³/mol. The fourth-order valence-electron chi connectivity index (χ4n) is 3.04. The van der Waals surface area contributed by atoms with Crippen molar-refractivity contribution in [2.45, 2.75) is 58.0 Å². The summed E-state index contributed by atoms with van der Waals surface area (Å²) < 4.78 is 0. The maximum atomic E-state index is 10.9. The van der Waals surface area contributed by atoms with Crippen molar-refractivity contribution in [3.05, 3.63) is 35.4 Å². The molecular weight excluding hydrogens is 208 g/mol. The largest absolute Gasteiger partial charge is 0.385 e. The molecule has 1 fully saturated rings. The van der Waals surface area contributed by atoms with Crippen LogP contribution in [0.15, 0.2) is 24.3 Å². The maximum absolute atomic E-state index is 10.9. The van der Waals surface area contributed by atoms with Crippen LogP contribution in [0.3, 0.4) is 0 Å². The zero-order valence-corrected chi connectivity index (χ0v) is 11.1. The highest BCUT2D eigenvalue weighted by Gasteiger charge is 2.37. The quantitative estimate of drug-likeness (QED) is 0.834. The summed E-state index contributed by atoms with van der Waals surface area (Å²) in [5.41, 5.74) is 1.91. The molecule has 0 radical (unpaired) electrons. The van der Waals surface area contributed by atoms with Crippen molar-refractivity contribution >= 4 is 0 Å². The van der Waals surface area contributed by atoms with Gasteiger partial charge in [0, 0.05) is 0 Å². The van der Waals surface area contributed by atoms with Gasteiger partial charge in [-0.1, -0.05) is 57.4 Å². The molecule has 0 aliphatic heterocycles. The first-order chi connectivity index (χ1) is 8.16. The highest BCUT2D eigenvalue weighted by Crippen LogP contribution is 2.41. The molecule has 2 rings (SSSR count). The van der Waals surface area contributed by atoms with Gasteiger partial charge in [-0.15, -0.1) is 0 Å². The normalized spacial score (nSPS) is 29.2. The smallest absolute Gasteiger partial charge is 0.0922 e. The molecule has 94 valence electrons. The van der Waals surface area contributed by atoms with Crippen molar-refractivity contribution in [1.82, 2.24) is 0 Å². The lowest BCUT2D eigenvalue weighted by molar-refractivity contribution is -0.0470. The molecule has 0 amide bonds. The van der Waals surface area contributed by atoms with Crippen molar-refractivity contribution in [3.63, 3.8) is 0 Å². The van der Waals surface area contributed by atoms with Crippen molar-refractivity contribution in [2.75, 3.05) is 0 Å². The SMILES string of the molecule is CCCc1cccc(C2(O)CCCCC2C)c1. The summed E-state index contributed by atoms with van der Waals surface area (Å²) in [5.74, 6) is 0.383. The molecule has 1 aromatic carbocycles. The third-order valence-corrected chi connectivity index (χ3v) is 4.23. The van der Waals surface area contributed by atoms with E-state index in [4.69, 9.17) is 0 Å². The molecule has 1 N–H and O–H groups in total. The minimum absolute atomic E-state index is 0.383. The summed E-state index contributed by atoms with van der Waals surface area (Å²) in [6, 6.07) is 8.58. The van der Waals surface area contributed by atoms with Gasteiger partial charge in [0.1, 0.15) is 0 Å². The van der Waals surface area contributed by atoms with Crippen LogP contribution >= 0.6 is 0 Å². The van der Waals surface area contributed by atoms with Gasteiger partial charge in [-0.2, -0.15) is 0 Å². The zero-order chi connectivity index (χ0) is 12.3. The Morgan fingerprint density at radius 2 is 2.18 bits per heavy atom. The van der Waals surface area contributed by atoms with Crippen LogP contribution in [0.1, 0.15) is 57.1 Å². The van der Waals surface area contributed by atoms with Gasteiger partial charge < -0.3 is 5.11 Å². The maximum Gasteiger partial charge on any atom is 0.0922 e. The van der Waals surface area contributed by atoms with E-state index < -0.39 is 5.60 Å². The first kappa shape index (κ1) is 12.6. The van der Waals surface area contributed by atoms with E-state index in [1.807, 2.05) is 0 Å². The van der Waals surface area contributed by atoms with E-state index in [-0.39, 0.29) is 0 Å². The van der Waals surface area contributed by atoms with E-state index in [1.165, 1.54) is 12.0 Å². The van der Waals surface area contributed by atoms with E-state index in [0.29, 0.717) is 5.92 Å². The van der Waals surface area contributed by atoms with E-state index in [9.17, 15) is 5.11 Å². The van der Waals surface area contributed by atoms with Gasteiger partial charge in [0.25, 0.3) is 0 Å². The highest BCUT2D eigenvalue weighted by atomic mass is 16.3. The van der Waals surface area contributed by atoms with E-state index in [0.717, 1.165) is 37.7 Å². The Kier molecular flexibility index (Phi) is 3.88. The highest BCUT2D eigenvalue weighted by molar-refractivity contribution is 5.29. The monoisotopic (exact) mass is 232 g/mol. The minimum atomic E-state index is -0.581. The van der Waals surface area contributed by atoms with Crippen molar-refractivity contribution in [1.29, 1.82) is 0 Å². The molecule has 17 heavy (non-hydrogen) atoms. The fourth-order valence-corrected chi connectivity index (χ4v) is 3.04. The summed E-state index contributed by atoms with van der Waals surface area (Å²) in [5, 5.41) is 10.9.